The molecule has 19 heavy (non-hydrogen) atoms. The summed E-state index contributed by atoms with van der Waals surface area (Å²) in [4.78, 5) is 12.1. The van der Waals surface area contributed by atoms with Crippen LogP contribution < -0.4 is 5.32 Å². The Bertz CT molecular complexity index is 407. The summed E-state index contributed by atoms with van der Waals surface area (Å²) >= 11 is 0. The van der Waals surface area contributed by atoms with Crippen molar-refractivity contribution in [3.63, 3.8) is 0 Å². The van der Waals surface area contributed by atoms with E-state index in [0.717, 1.165) is 23.2 Å². The molecule has 0 aliphatic carbocycles. The fraction of sp³-hybridized carbons (Fsp3) is 0.562. The van der Waals surface area contributed by atoms with E-state index in [1.54, 1.807) is 0 Å². The molecule has 1 aromatic rings. The lowest BCUT2D eigenvalue weighted by Gasteiger charge is -2.20. The molecule has 1 atom stereocenters. The molecule has 0 saturated carbocycles. The van der Waals surface area contributed by atoms with Crippen LogP contribution in [-0.2, 0) is 9.53 Å². The van der Waals surface area contributed by atoms with Gasteiger partial charge in [-0.2, -0.15) is 0 Å². The van der Waals surface area contributed by atoms with Crippen LogP contribution in [0.3, 0.4) is 0 Å². The number of carbonyl (C=O) groups excluding carboxylic acids is 1. The number of benzene rings is 1. The number of carbonyl (C=O) groups is 1. The summed E-state index contributed by atoms with van der Waals surface area (Å²) in [5, 5.41) is 3.30. The van der Waals surface area contributed by atoms with Gasteiger partial charge in [-0.05, 0) is 38.8 Å². The van der Waals surface area contributed by atoms with Crippen molar-refractivity contribution >= 4 is 5.97 Å². The topological polar surface area (TPSA) is 38.3 Å². The maximum atomic E-state index is 12.1. The predicted octanol–water partition coefficient (Wildman–Crippen LogP) is 3.15. The van der Waals surface area contributed by atoms with Crippen LogP contribution in [0.15, 0.2) is 18.2 Å². The predicted molar refractivity (Wildman–Crippen MR) is 78.1 cm³/mol. The highest BCUT2D eigenvalue weighted by Crippen LogP contribution is 2.19. The zero-order valence-electron chi connectivity index (χ0n) is 12.6. The Balaban J connectivity index is 2.96. The van der Waals surface area contributed by atoms with E-state index in [4.69, 9.17) is 4.74 Å². The van der Waals surface area contributed by atoms with Gasteiger partial charge in [-0.15, -0.1) is 0 Å². The molecule has 0 radical (unpaired) electrons. The van der Waals surface area contributed by atoms with Crippen molar-refractivity contribution in [2.24, 2.45) is 5.92 Å². The average molecular weight is 263 g/mol. The van der Waals surface area contributed by atoms with E-state index < -0.39 is 0 Å². The molecule has 3 heteroatoms. The first-order valence-electron chi connectivity index (χ1n) is 6.92. The molecule has 0 fully saturated rings. The molecule has 3 nitrogen and oxygen atoms in total. The van der Waals surface area contributed by atoms with Gasteiger partial charge in [-0.1, -0.05) is 43.2 Å². The Morgan fingerprint density at radius 3 is 2.26 bits per heavy atom. The largest absolute Gasteiger partial charge is 0.465 e. The molecule has 1 rings (SSSR count). The van der Waals surface area contributed by atoms with Gasteiger partial charge in [-0.3, -0.25) is 0 Å². The van der Waals surface area contributed by atoms with Gasteiger partial charge in [0.05, 0.1) is 6.61 Å². The number of hydrogen-bond donors (Lipinski definition) is 1. The highest BCUT2D eigenvalue weighted by atomic mass is 16.5. The van der Waals surface area contributed by atoms with E-state index in [-0.39, 0.29) is 12.0 Å². The maximum absolute atomic E-state index is 12.1. The Kier molecular flexibility index (Phi) is 6.03. The number of rotatable bonds is 6. The second-order valence-corrected chi connectivity index (χ2v) is 5.41. The van der Waals surface area contributed by atoms with Crippen LogP contribution in [0.2, 0.25) is 0 Å². The van der Waals surface area contributed by atoms with Crippen LogP contribution in [0.1, 0.15) is 43.5 Å². The van der Waals surface area contributed by atoms with Gasteiger partial charge in [0, 0.05) is 0 Å². The van der Waals surface area contributed by atoms with Gasteiger partial charge in [0.2, 0.25) is 0 Å². The van der Waals surface area contributed by atoms with Crippen LogP contribution in [-0.4, -0.2) is 19.1 Å². The number of aryl methyl sites for hydroxylation is 2. The third-order valence-corrected chi connectivity index (χ3v) is 2.83. The lowest BCUT2D eigenvalue weighted by Crippen LogP contribution is -2.32. The summed E-state index contributed by atoms with van der Waals surface area (Å²) < 4.78 is 5.17. The minimum absolute atomic E-state index is 0.201. The van der Waals surface area contributed by atoms with Crippen molar-refractivity contribution in [1.29, 1.82) is 0 Å². The Morgan fingerprint density at radius 1 is 1.21 bits per heavy atom. The zero-order valence-corrected chi connectivity index (χ0v) is 12.6. The molecule has 0 saturated heterocycles. The summed E-state index contributed by atoms with van der Waals surface area (Å²) in [6.07, 6.45) is 0. The molecule has 0 heterocycles. The smallest absolute Gasteiger partial charge is 0.327 e. The summed E-state index contributed by atoms with van der Waals surface area (Å²) in [7, 11) is 0. The normalized spacial score (nSPS) is 12.5. The molecule has 0 aromatic heterocycles. The van der Waals surface area contributed by atoms with E-state index >= 15 is 0 Å². The van der Waals surface area contributed by atoms with Crippen molar-refractivity contribution in [1.82, 2.24) is 5.32 Å². The van der Waals surface area contributed by atoms with E-state index in [0.29, 0.717) is 12.5 Å². The summed E-state index contributed by atoms with van der Waals surface area (Å²) in [6.45, 7) is 11.4. The van der Waals surface area contributed by atoms with Gasteiger partial charge in [0.25, 0.3) is 0 Å². The maximum Gasteiger partial charge on any atom is 0.327 e. The molecule has 0 spiro atoms. The average Bonchev–Trinajstić information content (AvgIpc) is 2.27. The van der Waals surface area contributed by atoms with Crippen LogP contribution in [0.25, 0.3) is 0 Å². The van der Waals surface area contributed by atoms with Gasteiger partial charge in [0.1, 0.15) is 6.04 Å². The number of nitrogens with one attached hydrogen (secondary N) is 1. The van der Waals surface area contributed by atoms with Crippen LogP contribution in [0.4, 0.5) is 0 Å². The van der Waals surface area contributed by atoms with Crippen molar-refractivity contribution in [3.05, 3.63) is 34.9 Å². The van der Waals surface area contributed by atoms with Crippen molar-refractivity contribution in [2.45, 2.75) is 40.7 Å². The zero-order chi connectivity index (χ0) is 14.4. The molecule has 0 amide bonds. The van der Waals surface area contributed by atoms with Gasteiger partial charge in [-0.25, -0.2) is 4.79 Å². The molecule has 0 aliphatic rings. The summed E-state index contributed by atoms with van der Waals surface area (Å²) in [6, 6.07) is 5.82. The quantitative estimate of drug-likeness (QED) is 0.801. The summed E-state index contributed by atoms with van der Waals surface area (Å²) in [5.41, 5.74) is 3.31. The lowest BCUT2D eigenvalue weighted by atomic mass is 10.0. The number of esters is 1. The fourth-order valence-corrected chi connectivity index (χ4v) is 2.09. The highest BCUT2D eigenvalue weighted by Gasteiger charge is 2.22. The van der Waals surface area contributed by atoms with Crippen molar-refractivity contribution in [2.75, 3.05) is 13.2 Å². The van der Waals surface area contributed by atoms with E-state index in [9.17, 15) is 4.79 Å². The molecule has 106 valence electrons. The SMILES string of the molecule is CCOC(=O)C(NCC(C)C)c1cc(C)cc(C)c1. The fourth-order valence-electron chi connectivity index (χ4n) is 2.09. The first-order valence-corrected chi connectivity index (χ1v) is 6.92. The van der Waals surface area contributed by atoms with Crippen molar-refractivity contribution in [3.8, 4) is 0 Å². The van der Waals surface area contributed by atoms with Gasteiger partial charge < -0.3 is 10.1 Å². The van der Waals surface area contributed by atoms with Crippen molar-refractivity contribution < 1.29 is 9.53 Å². The third kappa shape index (κ3) is 5.03. The lowest BCUT2D eigenvalue weighted by molar-refractivity contribution is -0.145. The van der Waals surface area contributed by atoms with Gasteiger partial charge in [0.15, 0.2) is 0 Å². The van der Waals surface area contributed by atoms with Crippen LogP contribution in [0.5, 0.6) is 0 Å². The molecule has 0 bridgehead atoms. The van der Waals surface area contributed by atoms with E-state index in [1.807, 2.05) is 32.9 Å². The molecule has 1 N–H and O–H groups in total. The van der Waals surface area contributed by atoms with E-state index in [2.05, 4.69) is 25.2 Å². The van der Waals surface area contributed by atoms with E-state index in [1.165, 1.54) is 0 Å². The number of hydrogen-bond acceptors (Lipinski definition) is 3. The Labute approximate surface area is 116 Å². The minimum Gasteiger partial charge on any atom is -0.465 e. The minimum atomic E-state index is -0.374. The standard InChI is InChI=1S/C16H25NO2/c1-6-19-16(18)15(17-10-11(2)3)14-8-12(4)7-13(5)9-14/h7-9,11,15,17H,6,10H2,1-5H3. The Morgan fingerprint density at radius 2 is 1.79 bits per heavy atom. The summed E-state index contributed by atoms with van der Waals surface area (Å²) in [5.74, 6) is 0.288. The Hall–Kier alpha value is -1.35. The molecular weight excluding hydrogens is 238 g/mol. The monoisotopic (exact) mass is 263 g/mol. The second kappa shape index (κ2) is 7.29. The van der Waals surface area contributed by atoms with Gasteiger partial charge >= 0.3 is 5.97 Å². The first-order chi connectivity index (χ1) is 8.93. The first kappa shape index (κ1) is 15.7. The van der Waals surface area contributed by atoms with Crippen LogP contribution in [0, 0.1) is 19.8 Å². The molecule has 1 aromatic carbocycles. The highest BCUT2D eigenvalue weighted by molar-refractivity contribution is 5.77. The molecule has 0 aliphatic heterocycles. The molecule has 1 unspecified atom stereocenters. The second-order valence-electron chi connectivity index (χ2n) is 5.41. The third-order valence-electron chi connectivity index (χ3n) is 2.83. The molecular formula is C16H25NO2. The van der Waals surface area contributed by atoms with Crippen LogP contribution >= 0.6 is 0 Å². The number of ether oxygens (including phenoxy) is 1.